The summed E-state index contributed by atoms with van der Waals surface area (Å²) >= 11 is 0. The molecule has 0 fully saturated rings. The standard InChI is InChI=1S/C15H14N4O4/c1-10(20)23-9-18-8-11(16-17-18)6-7-19-14(21)12-4-2-3-5-13(12)15(19)22/h2-5,8H,6-7,9H2,1H3. The molecule has 0 spiro atoms. The van der Waals surface area contributed by atoms with Crippen molar-refractivity contribution >= 4 is 17.8 Å². The van der Waals surface area contributed by atoms with Crippen LogP contribution in [0.1, 0.15) is 33.3 Å². The highest BCUT2D eigenvalue weighted by Crippen LogP contribution is 2.22. The molecule has 1 aliphatic rings. The zero-order valence-electron chi connectivity index (χ0n) is 12.4. The minimum atomic E-state index is -0.409. The number of hydrogen-bond donors (Lipinski definition) is 0. The van der Waals surface area contributed by atoms with Gasteiger partial charge in [-0.1, -0.05) is 17.3 Å². The van der Waals surface area contributed by atoms with Crippen molar-refractivity contribution in [2.24, 2.45) is 0 Å². The summed E-state index contributed by atoms with van der Waals surface area (Å²) in [5, 5.41) is 7.74. The van der Waals surface area contributed by atoms with Crippen molar-refractivity contribution in [2.45, 2.75) is 20.1 Å². The van der Waals surface area contributed by atoms with E-state index in [0.29, 0.717) is 23.2 Å². The number of carbonyl (C=O) groups excluding carboxylic acids is 3. The van der Waals surface area contributed by atoms with E-state index in [1.807, 2.05) is 0 Å². The van der Waals surface area contributed by atoms with E-state index < -0.39 is 5.97 Å². The van der Waals surface area contributed by atoms with Crippen LogP contribution in [0.5, 0.6) is 0 Å². The van der Waals surface area contributed by atoms with Crippen LogP contribution in [0.15, 0.2) is 30.5 Å². The maximum atomic E-state index is 12.2. The molecule has 0 saturated heterocycles. The number of imide groups is 1. The lowest BCUT2D eigenvalue weighted by Crippen LogP contribution is -2.31. The van der Waals surface area contributed by atoms with Crippen molar-refractivity contribution in [3.05, 3.63) is 47.3 Å². The average Bonchev–Trinajstić information content (AvgIpc) is 3.09. The summed E-state index contributed by atoms with van der Waals surface area (Å²) in [4.78, 5) is 36.4. The summed E-state index contributed by atoms with van der Waals surface area (Å²) in [6, 6.07) is 6.75. The molecule has 0 N–H and O–H groups in total. The third kappa shape index (κ3) is 2.96. The minimum absolute atomic E-state index is 0.0185. The van der Waals surface area contributed by atoms with Gasteiger partial charge in [0.1, 0.15) is 0 Å². The molecule has 2 heterocycles. The second-order valence-corrected chi connectivity index (χ2v) is 5.07. The Morgan fingerprint density at radius 3 is 2.43 bits per heavy atom. The molecule has 2 aromatic rings. The van der Waals surface area contributed by atoms with Gasteiger partial charge in [0.2, 0.25) is 0 Å². The van der Waals surface area contributed by atoms with E-state index in [0.717, 1.165) is 0 Å². The number of amides is 2. The topological polar surface area (TPSA) is 94.4 Å². The Labute approximate surface area is 131 Å². The van der Waals surface area contributed by atoms with Crippen LogP contribution < -0.4 is 0 Å². The molecule has 0 atom stereocenters. The van der Waals surface area contributed by atoms with Gasteiger partial charge in [0.05, 0.1) is 23.0 Å². The Kier molecular flexibility index (Phi) is 3.88. The fraction of sp³-hybridized carbons (Fsp3) is 0.267. The molecule has 0 aliphatic carbocycles. The van der Waals surface area contributed by atoms with Crippen LogP contribution >= 0.6 is 0 Å². The first-order chi connectivity index (χ1) is 11.1. The molecule has 0 unspecified atom stereocenters. The highest BCUT2D eigenvalue weighted by Gasteiger charge is 2.34. The Hall–Kier alpha value is -3.03. The lowest BCUT2D eigenvalue weighted by molar-refractivity contribution is -0.145. The lowest BCUT2D eigenvalue weighted by atomic mass is 10.1. The average molecular weight is 314 g/mol. The number of hydrogen-bond acceptors (Lipinski definition) is 6. The van der Waals surface area contributed by atoms with Crippen LogP contribution in [-0.4, -0.2) is 44.2 Å². The number of nitrogens with zero attached hydrogens (tertiary/aromatic N) is 4. The molecule has 8 heteroatoms. The SMILES string of the molecule is CC(=O)OCn1cc(CCN2C(=O)c3ccccc3C2=O)nn1. The van der Waals surface area contributed by atoms with Crippen molar-refractivity contribution in [3.63, 3.8) is 0 Å². The number of fused-ring (bicyclic) bond motifs is 1. The van der Waals surface area contributed by atoms with Crippen LogP contribution in [0.2, 0.25) is 0 Å². The van der Waals surface area contributed by atoms with Gasteiger partial charge in [-0.2, -0.15) is 0 Å². The first kappa shape index (κ1) is 14.9. The highest BCUT2D eigenvalue weighted by molar-refractivity contribution is 6.21. The van der Waals surface area contributed by atoms with Crippen molar-refractivity contribution in [3.8, 4) is 0 Å². The van der Waals surface area contributed by atoms with E-state index >= 15 is 0 Å². The molecule has 8 nitrogen and oxygen atoms in total. The van der Waals surface area contributed by atoms with E-state index in [1.165, 1.54) is 16.5 Å². The van der Waals surface area contributed by atoms with Crippen LogP contribution in [0.3, 0.4) is 0 Å². The Morgan fingerprint density at radius 2 is 1.83 bits per heavy atom. The second kappa shape index (κ2) is 5.99. The molecular weight excluding hydrogens is 300 g/mol. The Bertz CT molecular complexity index is 748. The van der Waals surface area contributed by atoms with Crippen molar-refractivity contribution < 1.29 is 19.1 Å². The van der Waals surface area contributed by atoms with E-state index in [9.17, 15) is 14.4 Å². The van der Waals surface area contributed by atoms with Gasteiger partial charge in [0.15, 0.2) is 6.73 Å². The normalized spacial score (nSPS) is 13.3. The van der Waals surface area contributed by atoms with E-state index in [1.54, 1.807) is 30.5 Å². The van der Waals surface area contributed by atoms with Crippen molar-refractivity contribution in [2.75, 3.05) is 6.54 Å². The van der Waals surface area contributed by atoms with Crippen molar-refractivity contribution in [1.82, 2.24) is 19.9 Å². The third-order valence-electron chi connectivity index (χ3n) is 3.46. The quantitative estimate of drug-likeness (QED) is 0.594. The molecule has 0 radical (unpaired) electrons. The van der Waals surface area contributed by atoms with Gasteiger partial charge >= 0.3 is 5.97 Å². The summed E-state index contributed by atoms with van der Waals surface area (Å²) in [7, 11) is 0. The molecule has 1 aliphatic heterocycles. The highest BCUT2D eigenvalue weighted by atomic mass is 16.5. The fourth-order valence-electron chi connectivity index (χ4n) is 2.34. The van der Waals surface area contributed by atoms with Crippen LogP contribution in [0, 0.1) is 0 Å². The molecule has 2 amide bonds. The van der Waals surface area contributed by atoms with Crippen LogP contribution in [0.25, 0.3) is 0 Å². The van der Waals surface area contributed by atoms with E-state index in [2.05, 4.69) is 10.3 Å². The minimum Gasteiger partial charge on any atom is -0.442 e. The summed E-state index contributed by atoms with van der Waals surface area (Å²) in [5.74, 6) is -0.996. The smallest absolute Gasteiger partial charge is 0.304 e. The van der Waals surface area contributed by atoms with Crippen molar-refractivity contribution in [1.29, 1.82) is 0 Å². The predicted octanol–water partition coefficient (Wildman–Crippen LogP) is 0.637. The molecule has 118 valence electrons. The van der Waals surface area contributed by atoms with Crippen LogP contribution in [-0.2, 0) is 22.7 Å². The van der Waals surface area contributed by atoms with Gasteiger partial charge in [0.25, 0.3) is 11.8 Å². The first-order valence-electron chi connectivity index (χ1n) is 7.04. The van der Waals surface area contributed by atoms with Gasteiger partial charge in [-0.25, -0.2) is 4.68 Å². The molecule has 0 bridgehead atoms. The Morgan fingerprint density at radius 1 is 1.17 bits per heavy atom. The number of aromatic nitrogens is 3. The molecule has 3 rings (SSSR count). The largest absolute Gasteiger partial charge is 0.442 e. The maximum absolute atomic E-state index is 12.2. The zero-order valence-corrected chi connectivity index (χ0v) is 12.4. The zero-order chi connectivity index (χ0) is 16.4. The van der Waals surface area contributed by atoms with Crippen LogP contribution in [0.4, 0.5) is 0 Å². The summed E-state index contributed by atoms with van der Waals surface area (Å²) < 4.78 is 6.17. The number of ether oxygens (including phenoxy) is 1. The number of benzene rings is 1. The fourth-order valence-corrected chi connectivity index (χ4v) is 2.34. The summed E-state index contributed by atoms with van der Waals surface area (Å²) in [5.41, 5.74) is 1.46. The second-order valence-electron chi connectivity index (χ2n) is 5.07. The predicted molar refractivity (Wildman–Crippen MR) is 77.3 cm³/mol. The van der Waals surface area contributed by atoms with Gasteiger partial charge in [-0.3, -0.25) is 19.3 Å². The first-order valence-corrected chi connectivity index (χ1v) is 7.04. The Balaban J connectivity index is 1.62. The van der Waals surface area contributed by atoms with Gasteiger partial charge in [-0.15, -0.1) is 5.10 Å². The number of esters is 1. The van der Waals surface area contributed by atoms with E-state index in [4.69, 9.17) is 4.74 Å². The third-order valence-corrected chi connectivity index (χ3v) is 3.46. The summed E-state index contributed by atoms with van der Waals surface area (Å²) in [6.45, 7) is 1.51. The monoisotopic (exact) mass is 314 g/mol. The number of rotatable bonds is 5. The van der Waals surface area contributed by atoms with Gasteiger partial charge in [-0.05, 0) is 12.1 Å². The van der Waals surface area contributed by atoms with Gasteiger partial charge in [0, 0.05) is 19.9 Å². The van der Waals surface area contributed by atoms with Gasteiger partial charge < -0.3 is 4.74 Å². The maximum Gasteiger partial charge on any atom is 0.304 e. The lowest BCUT2D eigenvalue weighted by Gasteiger charge is -2.12. The molecule has 0 saturated carbocycles. The summed E-state index contributed by atoms with van der Waals surface area (Å²) in [6.07, 6.45) is 1.99. The number of carbonyl (C=O) groups is 3. The molecule has 1 aromatic carbocycles. The van der Waals surface area contributed by atoms with E-state index in [-0.39, 0.29) is 25.1 Å². The molecule has 23 heavy (non-hydrogen) atoms. The molecular formula is C15H14N4O4. The molecule has 1 aromatic heterocycles.